The van der Waals surface area contributed by atoms with Gasteiger partial charge in [-0.05, 0) is 124 Å². The van der Waals surface area contributed by atoms with Crippen LogP contribution in [0, 0.1) is 13.8 Å². The Hall–Kier alpha value is -9.77. The summed E-state index contributed by atoms with van der Waals surface area (Å²) in [5, 5.41) is 31.1. The minimum Gasteiger partial charge on any atom is -0.478 e. The number of sulfonamides is 2. The maximum atomic E-state index is 13.8. The molecule has 2 aromatic heterocycles. The first kappa shape index (κ1) is 71.1. The molecule has 0 unspecified atom stereocenters. The van der Waals surface area contributed by atoms with Gasteiger partial charge in [0.25, 0.3) is 31.9 Å². The Kier molecular flexibility index (Phi) is 25.4. The lowest BCUT2D eigenvalue weighted by atomic mass is 10.1. The van der Waals surface area contributed by atoms with E-state index in [9.17, 15) is 65.4 Å². The van der Waals surface area contributed by atoms with Crippen LogP contribution < -0.4 is 61.5 Å². The number of hydrogen-bond acceptors (Lipinski definition) is 19. The Morgan fingerprint density at radius 2 is 0.874 bits per heavy atom. The van der Waals surface area contributed by atoms with Crippen molar-refractivity contribution in [3.05, 3.63) is 155 Å². The van der Waals surface area contributed by atoms with Gasteiger partial charge < -0.3 is 41.0 Å². The molecule has 2 fully saturated rings. The van der Waals surface area contributed by atoms with Crippen LogP contribution in [0.2, 0.25) is 0 Å². The van der Waals surface area contributed by atoms with Crippen LogP contribution in [0.15, 0.2) is 132 Å². The normalized spacial score (nSPS) is 13.5. The molecule has 6 amide bonds. The number of carboxylic acid groups (broad SMARTS) is 2. The van der Waals surface area contributed by atoms with Gasteiger partial charge in [0.1, 0.15) is 32.0 Å². The minimum atomic E-state index is -4.59. The van der Waals surface area contributed by atoms with Crippen LogP contribution >= 0.6 is 11.8 Å². The third-order valence-electron chi connectivity index (χ3n) is 14.9. The van der Waals surface area contributed by atoms with Crippen molar-refractivity contribution in [2.75, 3.05) is 121 Å². The number of carbonyl (C=O) groups excluding carboxylic acids is 6. The number of anilines is 6. The maximum Gasteiger partial charge on any atom is 0.339 e. The van der Waals surface area contributed by atoms with Gasteiger partial charge in [0.2, 0.25) is 0 Å². The number of aryl methyl sites for hydroxylation is 4. The Balaban J connectivity index is 0.793. The molecule has 504 valence electrons. The number of nitrogens with zero attached hydrogens (tertiary/aromatic N) is 4. The molecule has 0 bridgehead atoms. The highest BCUT2D eigenvalue weighted by Gasteiger charge is 2.31. The number of thioether (sulfide) groups is 1. The van der Waals surface area contributed by atoms with Crippen LogP contribution in [0.1, 0.15) is 65.4 Å². The smallest absolute Gasteiger partial charge is 0.339 e. The summed E-state index contributed by atoms with van der Waals surface area (Å²) < 4.78 is 74.0. The molecule has 0 saturated carbocycles. The van der Waals surface area contributed by atoms with Crippen molar-refractivity contribution in [1.82, 2.24) is 31.3 Å². The second-order valence-corrected chi connectivity index (χ2v) is 26.2. The second kappa shape index (κ2) is 33.9. The van der Waals surface area contributed by atoms with Gasteiger partial charge in [-0.1, -0.05) is 12.1 Å². The van der Waals surface area contributed by atoms with Gasteiger partial charge in [-0.2, -0.15) is 0 Å². The van der Waals surface area contributed by atoms with Crippen molar-refractivity contribution in [3.63, 3.8) is 0 Å². The van der Waals surface area contributed by atoms with Gasteiger partial charge in [0.15, 0.2) is 37.9 Å². The van der Waals surface area contributed by atoms with Crippen molar-refractivity contribution in [2.45, 2.75) is 49.6 Å². The summed E-state index contributed by atoms with van der Waals surface area (Å²) in [6, 6.07) is 22.3. The van der Waals surface area contributed by atoms with Crippen molar-refractivity contribution in [3.8, 4) is 0 Å². The van der Waals surface area contributed by atoms with Crippen LogP contribution in [0.25, 0.3) is 0 Å². The molecule has 2 aliphatic rings. The lowest BCUT2D eigenvalue weighted by Gasteiger charge is -2.26. The number of hydrazine groups is 2. The fourth-order valence-electron chi connectivity index (χ4n) is 9.83. The third-order valence-corrected chi connectivity index (χ3v) is 18.7. The maximum absolute atomic E-state index is 13.8. The molecule has 12 N–H and O–H groups in total. The van der Waals surface area contributed by atoms with Crippen LogP contribution in [0.3, 0.4) is 0 Å². The molecule has 95 heavy (non-hydrogen) atoms. The molecule has 6 aromatic rings. The van der Waals surface area contributed by atoms with Crippen molar-refractivity contribution in [2.24, 2.45) is 0 Å². The van der Waals surface area contributed by atoms with Gasteiger partial charge in [-0.15, -0.1) is 11.8 Å². The highest BCUT2D eigenvalue weighted by atomic mass is 32.2. The predicted octanol–water partition coefficient (Wildman–Crippen LogP) is 2.38. The number of carbonyl (C=O) groups is 8. The molecule has 33 heteroatoms. The quantitative estimate of drug-likeness (QED) is 0.0133. The van der Waals surface area contributed by atoms with Crippen LogP contribution in [-0.4, -0.2) is 175 Å². The van der Waals surface area contributed by atoms with Crippen molar-refractivity contribution in [1.29, 1.82) is 0 Å². The van der Waals surface area contributed by atoms with E-state index in [2.05, 4.69) is 62.2 Å². The monoisotopic (exact) mass is 1370 g/mol. The van der Waals surface area contributed by atoms with Gasteiger partial charge >= 0.3 is 35.6 Å². The molecular weight excluding hydrogens is 1290 g/mol. The topological polar surface area (TPSA) is 398 Å². The molecule has 0 atom stereocenters. The second-order valence-electron chi connectivity index (χ2n) is 21.7. The van der Waals surface area contributed by atoms with Crippen molar-refractivity contribution >= 4 is 113 Å². The number of hydrogen-bond donors (Lipinski definition) is 12. The van der Waals surface area contributed by atoms with E-state index in [0.29, 0.717) is 88.3 Å². The number of morpholine rings is 2. The highest BCUT2D eigenvalue weighted by Crippen LogP contribution is 2.32. The standard InChI is InChI=1S/C62H72N14O16S3/c1-41-9-19-49(94(87,88)71-47-15-11-45(12-16-47)67-69-59(81)57(79)63-21-5-25-73-27-33-91-34-28-73)51(61(83)84)53(41)65-55(77)43-7-3-23-75(39-43)31-37-93-38-32-76-24-4-8-44(40-76)56(78)66-54-42(2)10-20-50(52(54)62(85)86)95(89,90)72-48-17-13-46(14-18-48)68-70-60(82)58(80)64-22-6-26-74-29-35-92-36-30-74/h3-4,7-20,23-24,39-40H,5-6,21-22,25-38H2,1-2H3,(H10-2,63,64,65,66,67,68,69,70,71,72,77,78,79,80,81,82,83,84,85,86)/p+2. The van der Waals surface area contributed by atoms with E-state index in [1.54, 1.807) is 57.8 Å². The summed E-state index contributed by atoms with van der Waals surface area (Å²) in [5.74, 6) is -7.13. The average Bonchev–Trinajstić information content (AvgIpc) is 0.785. The van der Waals surface area contributed by atoms with Gasteiger partial charge in [0.05, 0.1) is 60.7 Å². The van der Waals surface area contributed by atoms with Gasteiger partial charge in [-0.25, -0.2) is 35.6 Å². The van der Waals surface area contributed by atoms with E-state index < -0.39 is 88.3 Å². The number of pyridine rings is 2. The highest BCUT2D eigenvalue weighted by molar-refractivity contribution is 7.99. The van der Waals surface area contributed by atoms with E-state index in [1.165, 1.54) is 86.6 Å². The fraction of sp³-hybridized carbons (Fsp3) is 0.323. The number of carboxylic acids is 2. The predicted molar refractivity (Wildman–Crippen MR) is 351 cm³/mol. The first-order chi connectivity index (χ1) is 45.5. The lowest BCUT2D eigenvalue weighted by molar-refractivity contribution is -0.693. The number of amides is 6. The zero-order valence-corrected chi connectivity index (χ0v) is 54.3. The van der Waals surface area contributed by atoms with Gasteiger partial charge in [-0.3, -0.25) is 69.7 Å². The van der Waals surface area contributed by atoms with Crippen LogP contribution in [-0.2, 0) is 61.8 Å². The molecule has 2 saturated heterocycles. The Labute approximate surface area is 551 Å². The fourth-order valence-corrected chi connectivity index (χ4v) is 13.2. The average molecular weight is 1370 g/mol. The molecule has 0 aliphatic carbocycles. The zero-order chi connectivity index (χ0) is 68.1. The summed E-state index contributed by atoms with van der Waals surface area (Å²) in [6.07, 6.45) is 7.87. The molecule has 0 radical (unpaired) electrons. The summed E-state index contributed by atoms with van der Waals surface area (Å²) >= 11 is 1.55. The van der Waals surface area contributed by atoms with Gasteiger partial charge in [0, 0.05) is 62.8 Å². The number of benzene rings is 4. The van der Waals surface area contributed by atoms with E-state index >= 15 is 0 Å². The number of aromatic nitrogens is 2. The summed E-state index contributed by atoms with van der Waals surface area (Å²) in [7, 11) is -9.19. The van der Waals surface area contributed by atoms with Crippen molar-refractivity contribution < 1.29 is 84.0 Å². The van der Waals surface area contributed by atoms with E-state index in [4.69, 9.17) is 9.47 Å². The first-order valence-corrected chi connectivity index (χ1v) is 34.1. The SMILES string of the molecule is Cc1ccc(S(=O)(=O)Nc2ccc(NNC(=O)C(=O)NCCCN3CCOCC3)cc2)c(C(=O)O)c1NC(=O)c1ccc[n+](CCSCC[n+]2cccc(C(=O)Nc3c(C)ccc(S(=O)(=O)Nc4ccc(NNC(=O)C(=O)NCCCN5CCOCC5)cc4)c3C(=O)O)c2)c1. The number of rotatable bonds is 30. The van der Waals surface area contributed by atoms with Crippen LogP contribution in [0.4, 0.5) is 34.1 Å². The molecule has 0 spiro atoms. The Morgan fingerprint density at radius 3 is 1.24 bits per heavy atom. The Bertz CT molecular complexity index is 3770. The molecule has 8 rings (SSSR count). The molecule has 30 nitrogen and oxygen atoms in total. The molecule has 4 aromatic carbocycles. The van der Waals surface area contributed by atoms with E-state index in [-0.39, 0.29) is 45.0 Å². The largest absolute Gasteiger partial charge is 0.478 e. The van der Waals surface area contributed by atoms with Crippen LogP contribution in [0.5, 0.6) is 0 Å². The molecule has 2 aliphatic heterocycles. The molecule has 4 heterocycles. The van der Waals surface area contributed by atoms with E-state index in [0.717, 1.165) is 51.4 Å². The molecular formula is C62H74N14O16S3+2. The first-order valence-electron chi connectivity index (χ1n) is 30.0. The minimum absolute atomic E-state index is 0.0314. The number of ether oxygens (including phenoxy) is 2. The summed E-state index contributed by atoms with van der Waals surface area (Å²) in [5.41, 5.74) is 9.38. The number of nitrogens with one attached hydrogen (secondary N) is 10. The van der Waals surface area contributed by atoms with E-state index in [1.807, 2.05) is 0 Å². The summed E-state index contributed by atoms with van der Waals surface area (Å²) in [6.45, 7) is 11.8. The Morgan fingerprint density at radius 1 is 0.505 bits per heavy atom. The lowest BCUT2D eigenvalue weighted by Crippen LogP contribution is -2.43. The number of aromatic carboxylic acids is 2. The summed E-state index contributed by atoms with van der Waals surface area (Å²) in [4.78, 5) is 106. The third kappa shape index (κ3) is 20.6. The zero-order valence-electron chi connectivity index (χ0n) is 51.9.